The van der Waals surface area contributed by atoms with E-state index in [1.165, 1.54) is 17.3 Å². The lowest BCUT2D eigenvalue weighted by atomic mass is 9.87. The molecule has 0 aliphatic carbocycles. The molecule has 0 spiro atoms. The van der Waals surface area contributed by atoms with Gasteiger partial charge in [0.05, 0.1) is 17.2 Å². The molecule has 0 aromatic heterocycles. The normalized spacial score (nSPS) is 17.2. The van der Waals surface area contributed by atoms with E-state index in [1.54, 1.807) is 12.1 Å². The molecule has 2 aromatic rings. The van der Waals surface area contributed by atoms with Crippen LogP contribution in [0.4, 0.5) is 24.5 Å². The molecular formula is C31H42F3N5O. The van der Waals surface area contributed by atoms with E-state index >= 15 is 0 Å². The number of hydrogen-bond donors (Lipinski definition) is 0. The Hall–Kier alpha value is -3.25. The number of benzene rings is 2. The van der Waals surface area contributed by atoms with Gasteiger partial charge >= 0.3 is 6.18 Å². The number of rotatable bonds is 5. The Morgan fingerprint density at radius 2 is 1.45 bits per heavy atom. The van der Waals surface area contributed by atoms with E-state index in [4.69, 9.17) is 5.26 Å². The summed E-state index contributed by atoms with van der Waals surface area (Å²) in [6, 6.07) is 14.3. The topological polar surface area (TPSA) is 53.8 Å². The lowest BCUT2D eigenvalue weighted by molar-refractivity contribution is -0.137. The fourth-order valence-electron chi connectivity index (χ4n) is 5.30. The smallest absolute Gasteiger partial charge is 0.370 e. The second kappa shape index (κ2) is 12.9. The summed E-state index contributed by atoms with van der Waals surface area (Å²) in [5.74, 6) is 0.0906. The number of anilines is 2. The van der Waals surface area contributed by atoms with Gasteiger partial charge in [0.1, 0.15) is 0 Å². The van der Waals surface area contributed by atoms with Crippen molar-refractivity contribution in [2.75, 3.05) is 68.7 Å². The van der Waals surface area contributed by atoms with Gasteiger partial charge in [-0.25, -0.2) is 0 Å². The Labute approximate surface area is 237 Å². The van der Waals surface area contributed by atoms with E-state index in [1.807, 2.05) is 9.80 Å². The van der Waals surface area contributed by atoms with Crippen LogP contribution >= 0.6 is 0 Å². The average molecular weight is 558 g/mol. The van der Waals surface area contributed by atoms with E-state index < -0.39 is 11.7 Å². The van der Waals surface area contributed by atoms with E-state index in [-0.39, 0.29) is 24.3 Å². The molecular weight excluding hydrogens is 515 g/mol. The van der Waals surface area contributed by atoms with Gasteiger partial charge in [-0.1, -0.05) is 40.3 Å². The third-order valence-corrected chi connectivity index (χ3v) is 7.76. The number of alkyl halides is 3. The van der Waals surface area contributed by atoms with Crippen LogP contribution in [-0.4, -0.2) is 74.6 Å². The van der Waals surface area contributed by atoms with Gasteiger partial charge in [0.25, 0.3) is 0 Å². The van der Waals surface area contributed by atoms with Gasteiger partial charge in [-0.3, -0.25) is 9.69 Å². The lowest BCUT2D eigenvalue weighted by Crippen LogP contribution is -2.47. The number of halogens is 3. The number of amides is 1. The third kappa shape index (κ3) is 7.69. The largest absolute Gasteiger partial charge is 0.417 e. The van der Waals surface area contributed by atoms with Gasteiger partial charge in [-0.2, -0.15) is 18.4 Å². The summed E-state index contributed by atoms with van der Waals surface area (Å²) in [7, 11) is 0. The molecule has 9 heteroatoms. The first-order valence-electron chi connectivity index (χ1n) is 13.7. The van der Waals surface area contributed by atoms with Gasteiger partial charge in [0.2, 0.25) is 5.91 Å². The summed E-state index contributed by atoms with van der Waals surface area (Å²) in [5.41, 5.74) is 1.83. The summed E-state index contributed by atoms with van der Waals surface area (Å²) in [6.07, 6.45) is -3.47. The molecule has 6 nitrogen and oxygen atoms in total. The van der Waals surface area contributed by atoms with Crippen molar-refractivity contribution < 1.29 is 18.0 Å². The quantitative estimate of drug-likeness (QED) is 0.468. The predicted molar refractivity (Wildman–Crippen MR) is 155 cm³/mol. The molecule has 0 unspecified atom stereocenters. The molecule has 40 heavy (non-hydrogen) atoms. The van der Waals surface area contributed by atoms with Crippen molar-refractivity contribution in [1.29, 1.82) is 5.26 Å². The zero-order chi connectivity index (χ0) is 28.2. The maximum atomic E-state index is 13.4. The Balaban J connectivity index is 0.00000441. The zero-order valence-electron chi connectivity index (χ0n) is 23.1. The molecule has 2 fully saturated rings. The Bertz CT molecular complexity index is 1180. The highest BCUT2D eigenvalue weighted by Gasteiger charge is 2.34. The van der Waals surface area contributed by atoms with Crippen LogP contribution in [0, 0.1) is 11.3 Å². The highest BCUT2D eigenvalue weighted by molar-refractivity contribution is 5.76. The van der Waals surface area contributed by atoms with Crippen molar-refractivity contribution in [3.05, 3.63) is 59.2 Å². The summed E-state index contributed by atoms with van der Waals surface area (Å²) >= 11 is 0. The molecule has 2 heterocycles. The molecule has 4 rings (SSSR count). The number of nitrogens with zero attached hydrogens (tertiary/aromatic N) is 5. The van der Waals surface area contributed by atoms with Gasteiger partial charge in [-0.05, 0) is 47.7 Å². The van der Waals surface area contributed by atoms with Gasteiger partial charge in [-0.15, -0.1) is 0 Å². The first kappa shape index (κ1) is 31.3. The molecule has 0 radical (unpaired) electrons. The molecule has 2 aliphatic rings. The maximum Gasteiger partial charge on any atom is 0.417 e. The number of carbonyl (C=O) groups is 1. The first-order chi connectivity index (χ1) is 18.5. The van der Waals surface area contributed by atoms with Crippen LogP contribution in [0.25, 0.3) is 0 Å². The SMILES string of the molecule is C.CC(C)(C)c1ccc(N2CCN(CCC(=O)N3CCCN(c4ccc(C#N)c(C(F)(F)F)c4)CC3)CC2)cc1. The monoisotopic (exact) mass is 557 g/mol. The molecule has 2 saturated heterocycles. The summed E-state index contributed by atoms with van der Waals surface area (Å²) in [6.45, 7) is 13.1. The second-order valence-electron chi connectivity index (χ2n) is 11.4. The molecule has 2 aliphatic heterocycles. The summed E-state index contributed by atoms with van der Waals surface area (Å²) in [4.78, 5) is 21.4. The van der Waals surface area contributed by atoms with Crippen LogP contribution < -0.4 is 9.80 Å². The van der Waals surface area contributed by atoms with Crippen molar-refractivity contribution in [2.24, 2.45) is 0 Å². The molecule has 0 N–H and O–H groups in total. The van der Waals surface area contributed by atoms with E-state index in [2.05, 4.69) is 54.8 Å². The van der Waals surface area contributed by atoms with Crippen molar-refractivity contribution in [3.8, 4) is 6.07 Å². The Kier molecular flexibility index (Phi) is 10.1. The minimum Gasteiger partial charge on any atom is -0.370 e. The fraction of sp³-hybridized carbons (Fsp3) is 0.548. The third-order valence-electron chi connectivity index (χ3n) is 7.76. The molecule has 2 aromatic carbocycles. The number of nitriles is 1. The number of piperazine rings is 1. The maximum absolute atomic E-state index is 13.4. The predicted octanol–water partition coefficient (Wildman–Crippen LogP) is 5.76. The van der Waals surface area contributed by atoms with Crippen LogP contribution in [0.1, 0.15) is 57.7 Å². The van der Waals surface area contributed by atoms with Crippen LogP contribution in [0.2, 0.25) is 0 Å². The van der Waals surface area contributed by atoms with Crippen molar-refractivity contribution in [2.45, 2.75) is 52.6 Å². The number of carbonyl (C=O) groups excluding carboxylic acids is 1. The summed E-state index contributed by atoms with van der Waals surface area (Å²) in [5, 5.41) is 9.05. The minimum absolute atomic E-state index is 0. The second-order valence-corrected chi connectivity index (χ2v) is 11.4. The molecule has 1 amide bonds. The molecule has 0 saturated carbocycles. The van der Waals surface area contributed by atoms with Crippen LogP contribution in [0.5, 0.6) is 0 Å². The van der Waals surface area contributed by atoms with Crippen LogP contribution in [0.15, 0.2) is 42.5 Å². The Morgan fingerprint density at radius 1 is 0.850 bits per heavy atom. The van der Waals surface area contributed by atoms with Gasteiger partial charge in [0, 0.05) is 76.7 Å². The fourth-order valence-corrected chi connectivity index (χ4v) is 5.30. The highest BCUT2D eigenvalue weighted by atomic mass is 19.4. The van der Waals surface area contributed by atoms with Crippen molar-refractivity contribution >= 4 is 17.3 Å². The molecule has 0 atom stereocenters. The van der Waals surface area contributed by atoms with Crippen molar-refractivity contribution in [3.63, 3.8) is 0 Å². The van der Waals surface area contributed by atoms with Crippen LogP contribution in [-0.2, 0) is 16.4 Å². The standard InChI is InChI=1S/C30H38F3N5O.CH4/c1-29(2,3)24-6-9-25(10-7-24)37-17-15-35(16-18-37)14-11-28(39)38-13-4-12-36(19-20-38)26-8-5-23(22-34)27(21-26)30(31,32)33;/h5-10,21H,4,11-20H2,1-3H3;1H4. The van der Waals surface area contributed by atoms with Crippen molar-refractivity contribution in [1.82, 2.24) is 9.80 Å². The van der Waals surface area contributed by atoms with E-state index in [0.717, 1.165) is 32.2 Å². The highest BCUT2D eigenvalue weighted by Crippen LogP contribution is 2.34. The first-order valence-corrected chi connectivity index (χ1v) is 13.7. The minimum atomic E-state index is -4.59. The lowest BCUT2D eigenvalue weighted by Gasteiger charge is -2.36. The zero-order valence-corrected chi connectivity index (χ0v) is 23.1. The van der Waals surface area contributed by atoms with E-state index in [0.29, 0.717) is 51.3 Å². The number of hydrogen-bond acceptors (Lipinski definition) is 5. The van der Waals surface area contributed by atoms with E-state index in [9.17, 15) is 18.0 Å². The summed E-state index contributed by atoms with van der Waals surface area (Å²) < 4.78 is 40.2. The van der Waals surface area contributed by atoms with Crippen LogP contribution in [0.3, 0.4) is 0 Å². The Morgan fingerprint density at radius 3 is 2.05 bits per heavy atom. The average Bonchev–Trinajstić information content (AvgIpc) is 3.17. The molecule has 0 bridgehead atoms. The molecule has 218 valence electrons. The van der Waals surface area contributed by atoms with Gasteiger partial charge in [0.15, 0.2) is 0 Å². The van der Waals surface area contributed by atoms with Gasteiger partial charge < -0.3 is 14.7 Å².